The second-order valence-electron chi connectivity index (χ2n) is 6.99. The summed E-state index contributed by atoms with van der Waals surface area (Å²) in [5.74, 6) is -76.7. The van der Waals surface area contributed by atoms with Crippen LogP contribution in [-0.2, 0) is 0 Å². The molecule has 0 aromatic heterocycles. The fourth-order valence-electron chi connectivity index (χ4n) is 2.44. The monoisotopic (exact) mass is 584 g/mol. The summed E-state index contributed by atoms with van der Waals surface area (Å²) in [5, 5.41) is 0. The van der Waals surface area contributed by atoms with Crippen LogP contribution in [0.15, 0.2) is 23.8 Å². The second-order valence-corrected chi connectivity index (χ2v) is 6.99. The lowest BCUT2D eigenvalue weighted by atomic mass is 9.85. The van der Waals surface area contributed by atoms with Crippen LogP contribution in [0.2, 0.25) is 0 Å². The van der Waals surface area contributed by atoms with Crippen LogP contribution in [-0.4, -0.2) is 59.5 Å². The Morgan fingerprint density at radius 2 is 0.667 bits per heavy atom. The SMILES string of the molecule is FC(F)(F)C(F)(F)C(F)(F)C(F)(F)C(F)(F)C(F)(F)C(F)(F)C(F)(F)C(F)(F)C(F)(F)C1=CC=CC1. The molecule has 0 heterocycles. The van der Waals surface area contributed by atoms with Gasteiger partial charge in [0.25, 0.3) is 0 Å². The van der Waals surface area contributed by atoms with E-state index in [1.807, 2.05) is 0 Å². The average molecular weight is 584 g/mol. The Balaban J connectivity index is 3.76. The van der Waals surface area contributed by atoms with Crippen LogP contribution in [0.1, 0.15) is 6.42 Å². The van der Waals surface area contributed by atoms with Crippen LogP contribution >= 0.6 is 0 Å². The van der Waals surface area contributed by atoms with Crippen LogP contribution in [0.25, 0.3) is 0 Å². The molecular weight excluding hydrogens is 579 g/mol. The Hall–Kier alpha value is -1.99. The molecule has 0 nitrogen and oxygen atoms in total. The maximum absolute atomic E-state index is 13.7. The topological polar surface area (TPSA) is 0 Å². The maximum Gasteiger partial charge on any atom is 0.460 e. The molecule has 0 aromatic rings. The molecule has 0 spiro atoms. The van der Waals surface area contributed by atoms with Gasteiger partial charge in [0.1, 0.15) is 0 Å². The van der Waals surface area contributed by atoms with Crippen LogP contribution < -0.4 is 0 Å². The highest BCUT2D eigenvalue weighted by molar-refractivity contribution is 5.32. The first-order chi connectivity index (χ1) is 15.4. The number of alkyl halides is 21. The zero-order chi connectivity index (χ0) is 29.4. The number of rotatable bonds is 9. The highest BCUT2D eigenvalue weighted by Crippen LogP contribution is 2.66. The molecule has 0 amide bonds. The number of allylic oxidation sites excluding steroid dienone is 4. The van der Waals surface area contributed by atoms with Gasteiger partial charge in [-0.15, -0.1) is 0 Å². The molecule has 0 radical (unpaired) electrons. The number of hydrogen-bond donors (Lipinski definition) is 0. The van der Waals surface area contributed by atoms with Gasteiger partial charge in [-0.25, -0.2) is 0 Å². The van der Waals surface area contributed by atoms with Gasteiger partial charge in [0, 0.05) is 5.57 Å². The Kier molecular flexibility index (Phi) is 7.12. The zero-order valence-corrected chi connectivity index (χ0v) is 15.9. The predicted octanol–water partition coefficient (Wildman–Crippen LogP) is 8.15. The van der Waals surface area contributed by atoms with Gasteiger partial charge in [-0.05, 0) is 6.42 Å². The third-order valence-corrected chi connectivity index (χ3v) is 4.69. The standard InChI is InChI=1S/C15H5F21/c16-6(17,5-3-1-2-4-5)7(18,19)8(20,21)9(22,23)10(24,25)11(26,27)12(28,29)13(30,31)14(32,33)15(34,35)36/h1-3H,4H2. The Labute approximate surface area is 183 Å². The third-order valence-electron chi connectivity index (χ3n) is 4.69. The molecule has 0 bridgehead atoms. The molecule has 0 atom stereocenters. The van der Waals surface area contributed by atoms with E-state index in [2.05, 4.69) is 0 Å². The van der Waals surface area contributed by atoms with Crippen molar-refractivity contribution in [2.75, 3.05) is 0 Å². The summed E-state index contributed by atoms with van der Waals surface area (Å²) in [6, 6.07) is 0. The van der Waals surface area contributed by atoms with Crippen molar-refractivity contribution >= 4 is 0 Å². The van der Waals surface area contributed by atoms with E-state index in [1.54, 1.807) is 0 Å². The van der Waals surface area contributed by atoms with E-state index < -0.39 is 71.5 Å². The van der Waals surface area contributed by atoms with Crippen molar-refractivity contribution in [2.45, 2.75) is 65.9 Å². The molecule has 1 aliphatic carbocycles. The van der Waals surface area contributed by atoms with Crippen LogP contribution in [0.4, 0.5) is 92.2 Å². The fourth-order valence-corrected chi connectivity index (χ4v) is 2.44. The van der Waals surface area contributed by atoms with Gasteiger partial charge in [0.05, 0.1) is 0 Å². The van der Waals surface area contributed by atoms with Gasteiger partial charge < -0.3 is 0 Å². The first-order valence-electron chi connectivity index (χ1n) is 8.19. The molecule has 0 saturated heterocycles. The Morgan fingerprint density at radius 3 is 0.917 bits per heavy atom. The van der Waals surface area contributed by atoms with Crippen molar-refractivity contribution in [3.63, 3.8) is 0 Å². The highest BCUT2D eigenvalue weighted by atomic mass is 19.4. The van der Waals surface area contributed by atoms with Gasteiger partial charge in [-0.3, -0.25) is 0 Å². The van der Waals surface area contributed by atoms with Gasteiger partial charge >= 0.3 is 59.5 Å². The van der Waals surface area contributed by atoms with Crippen LogP contribution in [0, 0.1) is 0 Å². The quantitative estimate of drug-likeness (QED) is 0.240. The van der Waals surface area contributed by atoms with E-state index >= 15 is 0 Å². The van der Waals surface area contributed by atoms with Gasteiger partial charge in [0.15, 0.2) is 0 Å². The van der Waals surface area contributed by atoms with Crippen molar-refractivity contribution in [2.24, 2.45) is 0 Å². The molecule has 1 aliphatic rings. The minimum absolute atomic E-state index is 0.178. The van der Waals surface area contributed by atoms with Crippen molar-refractivity contribution in [3.8, 4) is 0 Å². The van der Waals surface area contributed by atoms with Gasteiger partial charge in [0.2, 0.25) is 0 Å². The molecule has 0 saturated carbocycles. The molecule has 0 aromatic carbocycles. The summed E-state index contributed by atoms with van der Waals surface area (Å²) in [6.07, 6.45) is -8.78. The summed E-state index contributed by atoms with van der Waals surface area (Å²) in [5.41, 5.74) is -2.25. The Morgan fingerprint density at radius 1 is 0.389 bits per heavy atom. The predicted molar refractivity (Wildman–Crippen MR) is 72.4 cm³/mol. The largest absolute Gasteiger partial charge is 0.460 e. The van der Waals surface area contributed by atoms with E-state index in [1.165, 1.54) is 0 Å². The summed E-state index contributed by atoms with van der Waals surface area (Å²) >= 11 is 0. The molecule has 0 unspecified atom stereocenters. The smallest absolute Gasteiger partial charge is 0.194 e. The third kappa shape index (κ3) is 3.64. The van der Waals surface area contributed by atoms with Gasteiger partial charge in [-0.2, -0.15) is 92.2 Å². The molecule has 21 heteroatoms. The minimum Gasteiger partial charge on any atom is -0.194 e. The first kappa shape index (κ1) is 32.0. The normalized spacial score (nSPS) is 18.1. The van der Waals surface area contributed by atoms with E-state index in [0.29, 0.717) is 12.2 Å². The lowest BCUT2D eigenvalue weighted by Crippen LogP contribution is -2.76. The van der Waals surface area contributed by atoms with E-state index in [0.717, 1.165) is 0 Å². The van der Waals surface area contributed by atoms with Crippen molar-refractivity contribution in [1.82, 2.24) is 0 Å². The lowest BCUT2D eigenvalue weighted by molar-refractivity contribution is -0.473. The zero-order valence-electron chi connectivity index (χ0n) is 15.9. The van der Waals surface area contributed by atoms with E-state index in [-0.39, 0.29) is 6.08 Å². The van der Waals surface area contributed by atoms with Crippen molar-refractivity contribution in [1.29, 1.82) is 0 Å². The molecule has 0 N–H and O–H groups in total. The van der Waals surface area contributed by atoms with Crippen LogP contribution in [0.3, 0.4) is 0 Å². The Bertz CT molecular complexity index is 899. The second kappa shape index (κ2) is 8.00. The summed E-state index contributed by atoms with van der Waals surface area (Å²) in [4.78, 5) is 0. The number of halogens is 21. The van der Waals surface area contributed by atoms with Crippen molar-refractivity contribution in [3.05, 3.63) is 23.8 Å². The molecule has 212 valence electrons. The minimum atomic E-state index is -9.15. The van der Waals surface area contributed by atoms with Crippen LogP contribution in [0.5, 0.6) is 0 Å². The van der Waals surface area contributed by atoms with Crippen molar-refractivity contribution < 1.29 is 92.2 Å². The molecule has 0 aliphatic heterocycles. The first-order valence-corrected chi connectivity index (χ1v) is 8.19. The number of hydrogen-bond acceptors (Lipinski definition) is 0. The molecular formula is C15H5F21. The summed E-state index contributed by atoms with van der Waals surface area (Å²) < 4.78 is 277. The maximum atomic E-state index is 13.7. The molecule has 36 heavy (non-hydrogen) atoms. The average Bonchev–Trinajstić information content (AvgIpc) is 3.21. The van der Waals surface area contributed by atoms with E-state index in [9.17, 15) is 92.2 Å². The summed E-state index contributed by atoms with van der Waals surface area (Å²) in [7, 11) is 0. The van der Waals surface area contributed by atoms with E-state index in [4.69, 9.17) is 0 Å². The lowest BCUT2D eigenvalue weighted by Gasteiger charge is -2.44. The molecule has 1 rings (SSSR count). The highest BCUT2D eigenvalue weighted by Gasteiger charge is 2.97. The summed E-state index contributed by atoms with van der Waals surface area (Å²) in [6.45, 7) is 0. The molecule has 0 fully saturated rings. The van der Waals surface area contributed by atoms with Gasteiger partial charge in [-0.1, -0.05) is 18.2 Å². The fraction of sp³-hybridized carbons (Fsp3) is 0.733.